The normalized spacial score (nSPS) is 14.5. The maximum absolute atomic E-state index is 12.6. The van der Waals surface area contributed by atoms with Crippen LogP contribution in [0.15, 0.2) is 47.4 Å². The summed E-state index contributed by atoms with van der Waals surface area (Å²) in [5.74, 6) is -1.21. The Morgan fingerprint density at radius 1 is 1.06 bits per heavy atom. The molecule has 0 spiro atoms. The van der Waals surface area contributed by atoms with Gasteiger partial charge in [-0.1, -0.05) is 18.2 Å². The van der Waals surface area contributed by atoms with E-state index < -0.39 is 29.6 Å². The molecule has 0 saturated carbocycles. The number of benzene rings is 2. The molecule has 10 heteroatoms. The Labute approximate surface area is 208 Å². The third kappa shape index (κ3) is 6.14. The average Bonchev–Trinajstić information content (AvgIpc) is 3.03. The zero-order valence-electron chi connectivity index (χ0n) is 17.8. The van der Waals surface area contributed by atoms with Gasteiger partial charge in [-0.25, -0.2) is 4.79 Å². The van der Waals surface area contributed by atoms with Crippen molar-refractivity contribution in [1.29, 1.82) is 0 Å². The van der Waals surface area contributed by atoms with E-state index in [0.717, 1.165) is 20.2 Å². The third-order valence-corrected chi connectivity index (χ3v) is 6.18. The van der Waals surface area contributed by atoms with E-state index in [1.807, 2.05) is 6.07 Å². The van der Waals surface area contributed by atoms with Crippen LogP contribution in [-0.2, 0) is 14.3 Å². The van der Waals surface area contributed by atoms with E-state index >= 15 is 0 Å². The fourth-order valence-corrected chi connectivity index (χ4v) is 4.32. The van der Waals surface area contributed by atoms with E-state index in [0.29, 0.717) is 23.5 Å². The highest BCUT2D eigenvalue weighted by Gasteiger charge is 2.36. The predicted molar refractivity (Wildman–Crippen MR) is 131 cm³/mol. The molecule has 1 heterocycles. The Kier molecular flexibility index (Phi) is 8.50. The van der Waals surface area contributed by atoms with Crippen molar-refractivity contribution in [1.82, 2.24) is 4.90 Å². The molecule has 0 atom stereocenters. The first-order chi connectivity index (χ1) is 15.8. The summed E-state index contributed by atoms with van der Waals surface area (Å²) in [6.07, 6.45) is 1.52. The summed E-state index contributed by atoms with van der Waals surface area (Å²) in [7, 11) is 0. The number of thioether (sulfide) groups is 1. The molecule has 0 aromatic heterocycles. The van der Waals surface area contributed by atoms with E-state index in [9.17, 15) is 19.2 Å². The van der Waals surface area contributed by atoms with Crippen LogP contribution in [-0.4, -0.2) is 47.7 Å². The minimum Gasteiger partial charge on any atom is -0.490 e. The van der Waals surface area contributed by atoms with Gasteiger partial charge in [-0.3, -0.25) is 19.3 Å². The number of nitrogens with zero attached hydrogens (tertiary/aromatic N) is 1. The van der Waals surface area contributed by atoms with Gasteiger partial charge >= 0.3 is 11.9 Å². The van der Waals surface area contributed by atoms with E-state index in [-0.39, 0.29) is 17.3 Å². The number of halogens is 1. The van der Waals surface area contributed by atoms with Gasteiger partial charge in [-0.15, -0.1) is 0 Å². The molecule has 0 unspecified atom stereocenters. The summed E-state index contributed by atoms with van der Waals surface area (Å²) in [6.45, 7) is 3.48. The van der Waals surface area contributed by atoms with Gasteiger partial charge in [0.05, 0.1) is 23.7 Å². The number of hydrogen-bond donors (Lipinski definition) is 0. The van der Waals surface area contributed by atoms with Crippen LogP contribution < -0.4 is 9.47 Å². The smallest absolute Gasteiger partial charge is 0.344 e. The molecule has 3 rings (SSSR count). The number of ether oxygens (including phenoxy) is 3. The molecule has 1 aliphatic heterocycles. The number of hydrogen-bond acceptors (Lipinski definition) is 8. The van der Waals surface area contributed by atoms with E-state index in [1.165, 1.54) is 6.08 Å². The Morgan fingerprint density at radius 2 is 1.82 bits per heavy atom. The molecule has 1 aliphatic rings. The van der Waals surface area contributed by atoms with Gasteiger partial charge in [-0.05, 0) is 84.1 Å². The summed E-state index contributed by atoms with van der Waals surface area (Å²) in [4.78, 5) is 50.0. The van der Waals surface area contributed by atoms with Crippen molar-refractivity contribution in [2.24, 2.45) is 0 Å². The van der Waals surface area contributed by atoms with Crippen molar-refractivity contribution >= 4 is 63.5 Å². The zero-order valence-corrected chi connectivity index (χ0v) is 20.8. The Balaban J connectivity index is 1.81. The number of carbonyl (C=O) groups is 4. The van der Waals surface area contributed by atoms with E-state index in [4.69, 9.17) is 14.2 Å². The Morgan fingerprint density at radius 3 is 2.52 bits per heavy atom. The van der Waals surface area contributed by atoms with E-state index in [2.05, 4.69) is 22.6 Å². The Hall–Kier alpha value is -2.86. The number of amides is 2. The van der Waals surface area contributed by atoms with Crippen molar-refractivity contribution in [3.63, 3.8) is 0 Å². The van der Waals surface area contributed by atoms with Crippen LogP contribution in [0, 0.1) is 3.57 Å². The third-order valence-electron chi connectivity index (χ3n) is 4.33. The van der Waals surface area contributed by atoms with Crippen LogP contribution in [0.1, 0.15) is 29.8 Å². The lowest BCUT2D eigenvalue weighted by atomic mass is 10.1. The van der Waals surface area contributed by atoms with Crippen LogP contribution in [0.2, 0.25) is 0 Å². The quantitative estimate of drug-likeness (QED) is 0.195. The second-order valence-corrected chi connectivity index (χ2v) is 8.74. The topological polar surface area (TPSA) is 99.2 Å². The summed E-state index contributed by atoms with van der Waals surface area (Å²) in [6, 6.07) is 11.9. The minimum absolute atomic E-state index is 0.158. The highest BCUT2D eigenvalue weighted by atomic mass is 127. The summed E-state index contributed by atoms with van der Waals surface area (Å²) < 4.78 is 16.7. The van der Waals surface area contributed by atoms with Crippen molar-refractivity contribution in [3.05, 3.63) is 62.1 Å². The van der Waals surface area contributed by atoms with Gasteiger partial charge in [-0.2, -0.15) is 0 Å². The fraction of sp³-hybridized carbons (Fsp3) is 0.217. The molecule has 33 heavy (non-hydrogen) atoms. The molecule has 0 radical (unpaired) electrons. The van der Waals surface area contributed by atoms with Crippen molar-refractivity contribution in [2.75, 3.05) is 19.8 Å². The lowest BCUT2D eigenvalue weighted by Gasteiger charge is -2.12. The highest BCUT2D eigenvalue weighted by molar-refractivity contribution is 14.1. The summed E-state index contributed by atoms with van der Waals surface area (Å²) in [5.41, 5.74) is 0.995. The summed E-state index contributed by atoms with van der Waals surface area (Å²) >= 11 is 2.79. The SMILES string of the molecule is CCOC(=O)CN1C(=O)S/C(=C\c2ccc(OC(=O)c3ccccc3I)c(OCC)c2)C1=O. The lowest BCUT2D eigenvalue weighted by Crippen LogP contribution is -2.34. The second kappa shape index (κ2) is 11.3. The molecule has 0 N–H and O–H groups in total. The maximum Gasteiger partial charge on any atom is 0.344 e. The van der Waals surface area contributed by atoms with Crippen LogP contribution >= 0.6 is 34.4 Å². The molecule has 2 aromatic carbocycles. The number of esters is 2. The van der Waals surface area contributed by atoms with Crippen LogP contribution in [0.3, 0.4) is 0 Å². The molecule has 2 amide bonds. The molecule has 0 bridgehead atoms. The first kappa shape index (κ1) is 24.8. The van der Waals surface area contributed by atoms with Gasteiger partial charge in [0.25, 0.3) is 11.1 Å². The number of imide groups is 1. The highest BCUT2D eigenvalue weighted by Crippen LogP contribution is 2.35. The standard InChI is InChI=1S/C23H20INO7S/c1-3-30-18-11-14(9-10-17(18)32-22(28)15-7-5-6-8-16(15)24)12-19-21(27)25(23(29)33-19)13-20(26)31-4-2/h5-12H,3-4,13H2,1-2H3/b19-12-. The maximum atomic E-state index is 12.6. The van der Waals surface area contributed by atoms with Gasteiger partial charge < -0.3 is 14.2 Å². The zero-order chi connectivity index (χ0) is 24.0. The molecule has 1 fully saturated rings. The molecule has 1 saturated heterocycles. The lowest BCUT2D eigenvalue weighted by molar-refractivity contribution is -0.145. The van der Waals surface area contributed by atoms with Gasteiger partial charge in [0.15, 0.2) is 11.5 Å². The van der Waals surface area contributed by atoms with Crippen molar-refractivity contribution < 1.29 is 33.4 Å². The second-order valence-electron chi connectivity index (χ2n) is 6.58. The summed E-state index contributed by atoms with van der Waals surface area (Å²) in [5, 5.41) is -0.549. The molecule has 2 aromatic rings. The van der Waals surface area contributed by atoms with Crippen molar-refractivity contribution in [3.8, 4) is 11.5 Å². The molecular weight excluding hydrogens is 561 g/mol. The largest absolute Gasteiger partial charge is 0.490 e. The molecule has 0 aliphatic carbocycles. The monoisotopic (exact) mass is 581 g/mol. The predicted octanol–water partition coefficient (Wildman–Crippen LogP) is 4.51. The Bertz CT molecular complexity index is 1130. The van der Waals surface area contributed by atoms with Crippen LogP contribution in [0.5, 0.6) is 11.5 Å². The fourth-order valence-electron chi connectivity index (χ4n) is 2.87. The number of carbonyl (C=O) groups excluding carboxylic acids is 4. The average molecular weight is 581 g/mol. The van der Waals surface area contributed by atoms with Crippen molar-refractivity contribution in [2.45, 2.75) is 13.8 Å². The first-order valence-electron chi connectivity index (χ1n) is 9.98. The van der Waals surface area contributed by atoms with Crippen LogP contribution in [0.4, 0.5) is 4.79 Å². The number of rotatable bonds is 8. The molecular formula is C23H20INO7S. The van der Waals surface area contributed by atoms with Crippen LogP contribution in [0.25, 0.3) is 6.08 Å². The van der Waals surface area contributed by atoms with E-state index in [1.54, 1.807) is 50.2 Å². The molecule has 172 valence electrons. The first-order valence-corrected chi connectivity index (χ1v) is 11.9. The minimum atomic E-state index is -0.654. The van der Waals surface area contributed by atoms with Gasteiger partial charge in [0, 0.05) is 3.57 Å². The van der Waals surface area contributed by atoms with Gasteiger partial charge in [0.1, 0.15) is 6.54 Å². The molecule has 8 nitrogen and oxygen atoms in total. The van der Waals surface area contributed by atoms with Gasteiger partial charge in [0.2, 0.25) is 0 Å².